The van der Waals surface area contributed by atoms with E-state index >= 15 is 0 Å². The molecule has 1 aliphatic heterocycles. The van der Waals surface area contributed by atoms with Crippen LogP contribution in [0.25, 0.3) is 17.0 Å². The molecule has 2 heterocycles. The van der Waals surface area contributed by atoms with Crippen molar-refractivity contribution in [2.45, 2.75) is 19.3 Å². The number of ether oxygens (including phenoxy) is 3. The molecule has 3 aromatic rings. The molecule has 0 spiro atoms. The van der Waals surface area contributed by atoms with Gasteiger partial charge in [-0.2, -0.15) is 0 Å². The summed E-state index contributed by atoms with van der Waals surface area (Å²) in [6, 6.07) is 8.34. The molecule has 0 bridgehead atoms. The molecule has 0 aliphatic carbocycles. The van der Waals surface area contributed by atoms with E-state index in [4.69, 9.17) is 18.6 Å². The lowest BCUT2D eigenvalue weighted by molar-refractivity contribution is 0.103. The van der Waals surface area contributed by atoms with Gasteiger partial charge in [0.2, 0.25) is 5.75 Å². The van der Waals surface area contributed by atoms with Gasteiger partial charge in [0.1, 0.15) is 23.7 Å². The van der Waals surface area contributed by atoms with E-state index in [9.17, 15) is 9.90 Å². The lowest BCUT2D eigenvalue weighted by Crippen LogP contribution is -2.33. The number of methoxy groups -OCH3 is 2. The number of phenols is 1. The number of carbonyl (C=O) groups is 1. The highest BCUT2D eigenvalue weighted by Crippen LogP contribution is 2.46. The third kappa shape index (κ3) is 4.98. The second-order valence-electron chi connectivity index (χ2n) is 7.97. The standard InChI is InChI=1S/C26H29NO6/c1-30-23-20-12-16-32-24(20)26(31-2)25(33-17-15-27-13-4-3-5-14-27)22(23)21(29)11-8-18-6-9-19(28)10-7-18/h6-12,16,28H,3-5,13-15,17H2,1-2H3/b11-8+. The van der Waals surface area contributed by atoms with Gasteiger partial charge in [-0.1, -0.05) is 24.6 Å². The number of piperidine rings is 1. The smallest absolute Gasteiger partial charge is 0.205 e. The van der Waals surface area contributed by atoms with Gasteiger partial charge in [-0.3, -0.25) is 9.69 Å². The van der Waals surface area contributed by atoms with Crippen LogP contribution in [0.5, 0.6) is 23.0 Å². The van der Waals surface area contributed by atoms with Crippen molar-refractivity contribution >= 4 is 22.8 Å². The Balaban J connectivity index is 1.69. The van der Waals surface area contributed by atoms with Gasteiger partial charge in [0, 0.05) is 6.54 Å². The number of likely N-dealkylation sites (tertiary alicyclic amines) is 1. The third-order valence-electron chi connectivity index (χ3n) is 5.85. The number of allylic oxidation sites excluding steroid dienone is 1. The van der Waals surface area contributed by atoms with Crippen LogP contribution in [0.3, 0.4) is 0 Å². The summed E-state index contributed by atoms with van der Waals surface area (Å²) in [7, 11) is 3.05. The fourth-order valence-corrected chi connectivity index (χ4v) is 4.18. The van der Waals surface area contributed by atoms with Crippen LogP contribution in [0, 0.1) is 0 Å². The lowest BCUT2D eigenvalue weighted by atomic mass is 10.0. The van der Waals surface area contributed by atoms with Crippen molar-refractivity contribution < 1.29 is 28.5 Å². The summed E-state index contributed by atoms with van der Waals surface area (Å²) >= 11 is 0. The van der Waals surface area contributed by atoms with Crippen molar-refractivity contribution in [1.29, 1.82) is 0 Å². The zero-order chi connectivity index (χ0) is 23.2. The van der Waals surface area contributed by atoms with Crippen LogP contribution in [0.4, 0.5) is 0 Å². The minimum Gasteiger partial charge on any atom is -0.508 e. The first-order chi connectivity index (χ1) is 16.1. The highest BCUT2D eigenvalue weighted by molar-refractivity contribution is 6.15. The summed E-state index contributed by atoms with van der Waals surface area (Å²) in [6.45, 7) is 3.29. The Morgan fingerprint density at radius 2 is 1.76 bits per heavy atom. The molecule has 7 nitrogen and oxygen atoms in total. The van der Waals surface area contributed by atoms with Crippen LogP contribution in [0.2, 0.25) is 0 Å². The highest BCUT2D eigenvalue weighted by atomic mass is 16.5. The molecule has 1 fully saturated rings. The van der Waals surface area contributed by atoms with E-state index in [2.05, 4.69) is 4.90 Å². The van der Waals surface area contributed by atoms with Gasteiger partial charge >= 0.3 is 0 Å². The molecular weight excluding hydrogens is 422 g/mol. The maximum atomic E-state index is 13.4. The van der Waals surface area contributed by atoms with Gasteiger partial charge in [0.25, 0.3) is 0 Å². The van der Waals surface area contributed by atoms with Crippen LogP contribution < -0.4 is 14.2 Å². The van der Waals surface area contributed by atoms with Gasteiger partial charge in [-0.25, -0.2) is 0 Å². The van der Waals surface area contributed by atoms with E-state index in [0.29, 0.717) is 34.8 Å². The lowest BCUT2D eigenvalue weighted by Gasteiger charge is -2.26. The van der Waals surface area contributed by atoms with Crippen molar-refractivity contribution in [3.8, 4) is 23.0 Å². The molecule has 0 saturated carbocycles. The molecule has 1 aliphatic rings. The molecule has 33 heavy (non-hydrogen) atoms. The van der Waals surface area contributed by atoms with Gasteiger partial charge in [-0.05, 0) is 55.8 Å². The van der Waals surface area contributed by atoms with Crippen LogP contribution in [0.15, 0.2) is 47.1 Å². The largest absolute Gasteiger partial charge is 0.508 e. The van der Waals surface area contributed by atoms with Crippen LogP contribution in [-0.2, 0) is 0 Å². The molecule has 1 saturated heterocycles. The first-order valence-electron chi connectivity index (χ1n) is 11.1. The average Bonchev–Trinajstić information content (AvgIpc) is 3.32. The number of hydrogen-bond acceptors (Lipinski definition) is 7. The zero-order valence-corrected chi connectivity index (χ0v) is 19.0. The van der Waals surface area contributed by atoms with E-state index < -0.39 is 0 Å². The second kappa shape index (κ2) is 10.4. The van der Waals surface area contributed by atoms with Gasteiger partial charge < -0.3 is 23.7 Å². The van der Waals surface area contributed by atoms with Crippen LogP contribution in [-0.4, -0.2) is 56.3 Å². The summed E-state index contributed by atoms with van der Waals surface area (Å²) in [4.78, 5) is 15.8. The fourth-order valence-electron chi connectivity index (χ4n) is 4.18. The molecule has 1 N–H and O–H groups in total. The number of ketones is 1. The summed E-state index contributed by atoms with van der Waals surface area (Å²) < 4.78 is 23.1. The fraction of sp³-hybridized carbons (Fsp3) is 0.346. The van der Waals surface area contributed by atoms with Crippen molar-refractivity contribution in [2.75, 3.05) is 40.5 Å². The average molecular weight is 452 g/mol. The molecule has 7 heteroatoms. The van der Waals surface area contributed by atoms with E-state index in [1.807, 2.05) is 0 Å². The summed E-state index contributed by atoms with van der Waals surface area (Å²) in [5.41, 5.74) is 1.54. The number of rotatable bonds is 9. The monoisotopic (exact) mass is 451 g/mol. The summed E-state index contributed by atoms with van der Waals surface area (Å²) in [5, 5.41) is 10.1. The van der Waals surface area contributed by atoms with E-state index in [-0.39, 0.29) is 17.1 Å². The number of carbonyl (C=O) groups excluding carboxylic acids is 1. The normalized spacial score (nSPS) is 14.6. The van der Waals surface area contributed by atoms with Crippen molar-refractivity contribution in [1.82, 2.24) is 4.90 Å². The molecule has 1 aromatic heterocycles. The number of benzene rings is 2. The Bertz CT molecular complexity index is 1130. The number of aromatic hydroxyl groups is 1. The predicted octanol–water partition coefficient (Wildman–Crippen LogP) is 4.92. The minimum atomic E-state index is -0.283. The summed E-state index contributed by atoms with van der Waals surface area (Å²) in [5.74, 6) is 0.951. The topological polar surface area (TPSA) is 81.4 Å². The molecule has 2 aromatic carbocycles. The predicted molar refractivity (Wildman–Crippen MR) is 127 cm³/mol. The van der Waals surface area contributed by atoms with E-state index in [1.165, 1.54) is 45.8 Å². The van der Waals surface area contributed by atoms with Crippen LogP contribution in [0.1, 0.15) is 35.2 Å². The maximum Gasteiger partial charge on any atom is 0.205 e. The second-order valence-corrected chi connectivity index (χ2v) is 7.97. The Kier molecular flexibility index (Phi) is 7.19. The Labute approximate surface area is 193 Å². The molecule has 174 valence electrons. The molecular formula is C26H29NO6. The molecule has 0 amide bonds. The Hall–Kier alpha value is -3.45. The first kappa shape index (κ1) is 22.7. The Morgan fingerprint density at radius 3 is 2.45 bits per heavy atom. The Morgan fingerprint density at radius 1 is 1.03 bits per heavy atom. The first-order valence-corrected chi connectivity index (χ1v) is 11.1. The zero-order valence-electron chi connectivity index (χ0n) is 19.0. The van der Waals surface area contributed by atoms with Gasteiger partial charge in [0.15, 0.2) is 17.1 Å². The quantitative estimate of drug-likeness (QED) is 0.365. The number of nitrogens with zero attached hydrogens (tertiary/aromatic N) is 1. The highest BCUT2D eigenvalue weighted by Gasteiger charge is 2.28. The number of furan rings is 1. The van der Waals surface area contributed by atoms with Crippen molar-refractivity contribution in [3.63, 3.8) is 0 Å². The maximum absolute atomic E-state index is 13.4. The number of fused-ring (bicyclic) bond motifs is 1. The van der Waals surface area contributed by atoms with Crippen LogP contribution >= 0.6 is 0 Å². The molecule has 4 rings (SSSR count). The SMILES string of the molecule is COc1c(C(=O)/C=C/c2ccc(O)cc2)c(OCCN2CCCCC2)c(OC)c2occc12. The summed E-state index contributed by atoms with van der Waals surface area (Å²) in [6.07, 6.45) is 8.34. The van der Waals surface area contributed by atoms with E-state index in [0.717, 1.165) is 25.2 Å². The number of phenolic OH excluding ortho intramolecular Hbond substituents is 1. The van der Waals surface area contributed by atoms with Gasteiger partial charge in [0.05, 0.1) is 25.9 Å². The van der Waals surface area contributed by atoms with Crippen molar-refractivity contribution in [2.24, 2.45) is 0 Å². The van der Waals surface area contributed by atoms with E-state index in [1.54, 1.807) is 36.4 Å². The number of hydrogen-bond donors (Lipinski definition) is 1. The third-order valence-corrected chi connectivity index (χ3v) is 5.85. The molecule has 0 unspecified atom stereocenters. The van der Waals surface area contributed by atoms with Crippen molar-refractivity contribution in [3.05, 3.63) is 53.8 Å². The molecule has 0 radical (unpaired) electrons. The molecule has 0 atom stereocenters. The van der Waals surface area contributed by atoms with Gasteiger partial charge in [-0.15, -0.1) is 0 Å². The minimum absolute atomic E-state index is 0.166.